The van der Waals surface area contributed by atoms with E-state index >= 15 is 0 Å². The molecule has 0 saturated heterocycles. The summed E-state index contributed by atoms with van der Waals surface area (Å²) in [4.78, 5) is 19.5. The molecule has 2 rings (SSSR count). The molecule has 0 amide bonds. The van der Waals surface area contributed by atoms with Crippen LogP contribution in [0, 0.1) is 9.81 Å². The summed E-state index contributed by atoms with van der Waals surface area (Å²) in [6, 6.07) is 16.6. The molecular formula is C12H12N4NiO4. The van der Waals surface area contributed by atoms with Crippen molar-refractivity contribution < 1.29 is 26.9 Å². The first-order valence-corrected chi connectivity index (χ1v) is 5.43. The number of para-hydroxylation sites is 2. The van der Waals surface area contributed by atoms with Crippen LogP contribution in [0.2, 0.25) is 0 Å². The van der Waals surface area contributed by atoms with Gasteiger partial charge in [0, 0.05) is 16.5 Å². The van der Waals surface area contributed by atoms with E-state index in [2.05, 4.69) is 10.6 Å². The van der Waals surface area contributed by atoms with Crippen LogP contribution in [0.15, 0.2) is 71.2 Å². The van der Waals surface area contributed by atoms with Crippen LogP contribution in [-0.4, -0.2) is 10.4 Å². The smallest absolute Gasteiger partial charge is 0.0932 e. The van der Waals surface area contributed by atoms with Gasteiger partial charge in [0.2, 0.25) is 0 Å². The van der Waals surface area contributed by atoms with E-state index in [4.69, 9.17) is 10.4 Å². The average Bonchev–Trinajstić information content (AvgIpc) is 2.55. The number of rotatable bonds is 4. The van der Waals surface area contributed by atoms with Gasteiger partial charge in [-0.3, -0.25) is 10.4 Å². The number of nitrogens with zero attached hydrogens (tertiary/aromatic N) is 4. The van der Waals surface area contributed by atoms with Gasteiger partial charge in [0.05, 0.1) is 21.9 Å². The fourth-order valence-electron chi connectivity index (χ4n) is 1.22. The van der Waals surface area contributed by atoms with E-state index in [-0.39, 0.29) is 26.8 Å². The molecule has 0 bridgehead atoms. The molecule has 0 unspecified atom stereocenters. The van der Waals surface area contributed by atoms with Gasteiger partial charge in [0.15, 0.2) is 0 Å². The SMILES string of the molecule is O=NN(O)c1ccccc1.O=NN(O)c1ccccc1.[Ni]. The Hall–Kier alpha value is -2.35. The Balaban J connectivity index is 0.000000364. The fourth-order valence-corrected chi connectivity index (χ4v) is 1.22. The van der Waals surface area contributed by atoms with Gasteiger partial charge in [-0.15, -0.1) is 20.2 Å². The van der Waals surface area contributed by atoms with Gasteiger partial charge in [-0.2, -0.15) is 0 Å². The molecule has 2 N–H and O–H groups in total. The van der Waals surface area contributed by atoms with Crippen molar-refractivity contribution in [2.75, 3.05) is 10.3 Å². The number of benzene rings is 2. The van der Waals surface area contributed by atoms with Gasteiger partial charge < -0.3 is 0 Å². The summed E-state index contributed by atoms with van der Waals surface area (Å²) in [6.07, 6.45) is 0. The van der Waals surface area contributed by atoms with E-state index in [1.807, 2.05) is 0 Å². The number of nitroso groups, excluding NO2 is 2. The van der Waals surface area contributed by atoms with E-state index in [0.29, 0.717) is 11.4 Å². The van der Waals surface area contributed by atoms with Crippen molar-refractivity contribution in [1.82, 2.24) is 0 Å². The molecule has 9 heteroatoms. The van der Waals surface area contributed by atoms with Crippen molar-refractivity contribution in [2.24, 2.45) is 10.6 Å². The Morgan fingerprint density at radius 1 is 0.667 bits per heavy atom. The molecule has 0 saturated carbocycles. The summed E-state index contributed by atoms with van der Waals surface area (Å²) in [5.74, 6) is 0. The number of hydrogen-bond donors (Lipinski definition) is 2. The van der Waals surface area contributed by atoms with E-state index in [0.717, 1.165) is 0 Å². The van der Waals surface area contributed by atoms with Crippen LogP contribution < -0.4 is 10.3 Å². The first-order chi connectivity index (χ1) is 9.69. The summed E-state index contributed by atoms with van der Waals surface area (Å²) in [5.41, 5.74) is 0.718. The molecular weight excluding hydrogens is 323 g/mol. The summed E-state index contributed by atoms with van der Waals surface area (Å²) in [7, 11) is 0. The molecule has 0 aliphatic rings. The van der Waals surface area contributed by atoms with Crippen LogP contribution in [0.3, 0.4) is 0 Å². The van der Waals surface area contributed by atoms with E-state index in [9.17, 15) is 9.81 Å². The molecule has 2 aromatic carbocycles. The van der Waals surface area contributed by atoms with Crippen LogP contribution in [-0.2, 0) is 16.5 Å². The second-order valence-corrected chi connectivity index (χ2v) is 3.41. The molecule has 0 atom stereocenters. The van der Waals surface area contributed by atoms with Crippen molar-refractivity contribution in [3.05, 3.63) is 70.5 Å². The molecule has 8 nitrogen and oxygen atoms in total. The predicted molar refractivity (Wildman–Crippen MR) is 73.0 cm³/mol. The average molecular weight is 335 g/mol. The quantitative estimate of drug-likeness (QED) is 0.505. The summed E-state index contributed by atoms with van der Waals surface area (Å²) >= 11 is 0. The van der Waals surface area contributed by atoms with Crippen molar-refractivity contribution in [2.45, 2.75) is 0 Å². The van der Waals surface area contributed by atoms with Crippen LogP contribution >= 0.6 is 0 Å². The van der Waals surface area contributed by atoms with Crippen molar-refractivity contribution in [1.29, 1.82) is 0 Å². The van der Waals surface area contributed by atoms with Gasteiger partial charge in [-0.1, -0.05) is 36.4 Å². The Bertz CT molecular complexity index is 480. The molecule has 0 fully saturated rings. The van der Waals surface area contributed by atoms with E-state index < -0.39 is 0 Å². The first kappa shape index (κ1) is 18.7. The van der Waals surface area contributed by atoms with Crippen LogP contribution in [0.1, 0.15) is 0 Å². The fraction of sp³-hybridized carbons (Fsp3) is 0. The normalized spacial score (nSPS) is 8.48. The Morgan fingerprint density at radius 3 is 1.19 bits per heavy atom. The Labute approximate surface area is 130 Å². The third-order valence-corrected chi connectivity index (χ3v) is 2.13. The van der Waals surface area contributed by atoms with Crippen LogP contribution in [0.25, 0.3) is 0 Å². The van der Waals surface area contributed by atoms with Crippen LogP contribution in [0.5, 0.6) is 0 Å². The number of anilines is 2. The minimum atomic E-state index is 0. The minimum Gasteiger partial charge on any atom is -0.265 e. The van der Waals surface area contributed by atoms with Crippen molar-refractivity contribution in [3.63, 3.8) is 0 Å². The Morgan fingerprint density at radius 2 is 0.952 bits per heavy atom. The maximum atomic E-state index is 9.73. The van der Waals surface area contributed by atoms with Gasteiger partial charge in [0.1, 0.15) is 0 Å². The zero-order chi connectivity index (χ0) is 14.8. The van der Waals surface area contributed by atoms with Gasteiger partial charge in [-0.25, -0.2) is 0 Å². The van der Waals surface area contributed by atoms with Gasteiger partial charge in [0.25, 0.3) is 0 Å². The van der Waals surface area contributed by atoms with Gasteiger partial charge >= 0.3 is 0 Å². The van der Waals surface area contributed by atoms with E-state index in [1.54, 1.807) is 60.7 Å². The molecule has 0 aliphatic carbocycles. The Kier molecular flexibility index (Phi) is 9.28. The topological polar surface area (TPSA) is 106 Å². The maximum absolute atomic E-state index is 9.73. The largest absolute Gasteiger partial charge is 0.265 e. The molecule has 0 aromatic heterocycles. The third-order valence-electron chi connectivity index (χ3n) is 2.13. The molecule has 0 radical (unpaired) electrons. The molecule has 114 valence electrons. The van der Waals surface area contributed by atoms with E-state index in [1.165, 1.54) is 0 Å². The summed E-state index contributed by atoms with van der Waals surface area (Å²) < 4.78 is 0. The zero-order valence-corrected chi connectivity index (χ0v) is 11.6. The second kappa shape index (κ2) is 10.4. The number of hydrogen-bond acceptors (Lipinski definition) is 6. The summed E-state index contributed by atoms with van der Waals surface area (Å²) in [5, 5.41) is 22.5. The third kappa shape index (κ3) is 6.57. The first-order valence-electron chi connectivity index (χ1n) is 5.43. The zero-order valence-electron chi connectivity index (χ0n) is 10.6. The summed E-state index contributed by atoms with van der Waals surface area (Å²) in [6.45, 7) is 0. The molecule has 0 aliphatic heterocycles. The van der Waals surface area contributed by atoms with Crippen LogP contribution in [0.4, 0.5) is 11.4 Å². The molecule has 0 heterocycles. The second-order valence-electron chi connectivity index (χ2n) is 3.41. The molecule has 21 heavy (non-hydrogen) atoms. The van der Waals surface area contributed by atoms with Crippen molar-refractivity contribution >= 4 is 11.4 Å². The monoisotopic (exact) mass is 334 g/mol. The molecule has 2 aromatic rings. The minimum absolute atomic E-state index is 0. The van der Waals surface area contributed by atoms with Crippen molar-refractivity contribution in [3.8, 4) is 0 Å². The molecule has 0 spiro atoms. The van der Waals surface area contributed by atoms with Gasteiger partial charge in [-0.05, 0) is 24.3 Å². The standard InChI is InChI=1S/2C6H6N2O2.Ni/c2*9-7-8(10)6-4-2-1-3-5-6;/h2*1-5,10H;. The maximum Gasteiger partial charge on any atom is 0.0932 e. The predicted octanol–water partition coefficient (Wildman–Crippen LogP) is 3.12.